The number of anilines is 1. The zero-order valence-corrected chi connectivity index (χ0v) is 10.9. The summed E-state index contributed by atoms with van der Waals surface area (Å²) in [6.45, 7) is 6.34. The first-order valence-electron chi connectivity index (χ1n) is 5.69. The number of benzene rings is 1. The van der Waals surface area contributed by atoms with Crippen LogP contribution < -0.4 is 11.1 Å². The highest BCUT2D eigenvalue weighted by atomic mass is 16.1. The Balaban J connectivity index is 2.94. The van der Waals surface area contributed by atoms with Crippen molar-refractivity contribution in [3.63, 3.8) is 0 Å². The maximum atomic E-state index is 11.7. The molecule has 1 aromatic rings. The first kappa shape index (κ1) is 13.9. The van der Waals surface area contributed by atoms with Gasteiger partial charge in [0.25, 0.3) is 5.91 Å². The predicted molar refractivity (Wildman–Crippen MR) is 74.9 cm³/mol. The Kier molecular flexibility index (Phi) is 4.17. The lowest BCUT2D eigenvalue weighted by Gasteiger charge is -2.19. The lowest BCUT2D eigenvalue weighted by Crippen LogP contribution is -2.16. The Morgan fingerprint density at radius 3 is 2.61 bits per heavy atom. The SMILES string of the molecule is C#C/C(=C\N)C(=O)Nc1cccc(C(C)(C)C)c1. The second-order valence-electron chi connectivity index (χ2n) is 5.01. The topological polar surface area (TPSA) is 55.1 Å². The highest BCUT2D eigenvalue weighted by Crippen LogP contribution is 2.24. The average molecular weight is 242 g/mol. The van der Waals surface area contributed by atoms with Gasteiger partial charge in [-0.05, 0) is 23.1 Å². The van der Waals surface area contributed by atoms with Crippen LogP contribution in [0.2, 0.25) is 0 Å². The number of hydrogen-bond donors (Lipinski definition) is 2. The molecule has 3 N–H and O–H groups in total. The Bertz CT molecular complexity index is 516. The van der Waals surface area contributed by atoms with Crippen molar-refractivity contribution in [1.82, 2.24) is 0 Å². The fraction of sp³-hybridized carbons (Fsp3) is 0.267. The number of amides is 1. The molecule has 0 bridgehead atoms. The quantitative estimate of drug-likeness (QED) is 0.618. The molecule has 0 fully saturated rings. The van der Waals surface area contributed by atoms with E-state index in [0.717, 1.165) is 11.8 Å². The van der Waals surface area contributed by atoms with Gasteiger partial charge in [0.1, 0.15) is 5.57 Å². The van der Waals surface area contributed by atoms with E-state index >= 15 is 0 Å². The molecule has 0 aliphatic heterocycles. The van der Waals surface area contributed by atoms with Gasteiger partial charge in [-0.25, -0.2) is 0 Å². The zero-order valence-electron chi connectivity index (χ0n) is 10.9. The molecule has 0 spiro atoms. The maximum absolute atomic E-state index is 11.7. The van der Waals surface area contributed by atoms with E-state index in [0.29, 0.717) is 5.69 Å². The van der Waals surface area contributed by atoms with Crippen molar-refractivity contribution in [3.8, 4) is 12.3 Å². The largest absolute Gasteiger partial charge is 0.403 e. The molecule has 0 saturated carbocycles. The van der Waals surface area contributed by atoms with Crippen LogP contribution in [-0.4, -0.2) is 5.91 Å². The van der Waals surface area contributed by atoms with E-state index in [1.165, 1.54) is 0 Å². The van der Waals surface area contributed by atoms with E-state index in [2.05, 4.69) is 32.0 Å². The van der Waals surface area contributed by atoms with Crippen molar-refractivity contribution in [2.24, 2.45) is 5.73 Å². The Morgan fingerprint density at radius 1 is 1.44 bits per heavy atom. The molecule has 0 aliphatic rings. The van der Waals surface area contributed by atoms with Crippen LogP contribution in [0.3, 0.4) is 0 Å². The first-order valence-corrected chi connectivity index (χ1v) is 5.69. The fourth-order valence-corrected chi connectivity index (χ4v) is 1.45. The van der Waals surface area contributed by atoms with Crippen LogP contribution in [-0.2, 0) is 10.2 Å². The van der Waals surface area contributed by atoms with Gasteiger partial charge < -0.3 is 11.1 Å². The fourth-order valence-electron chi connectivity index (χ4n) is 1.45. The molecular formula is C15H18N2O. The number of terminal acetylenes is 1. The van der Waals surface area contributed by atoms with Crippen LogP contribution >= 0.6 is 0 Å². The van der Waals surface area contributed by atoms with Crippen molar-refractivity contribution in [3.05, 3.63) is 41.6 Å². The highest BCUT2D eigenvalue weighted by molar-refractivity contribution is 6.06. The summed E-state index contributed by atoms with van der Waals surface area (Å²) in [6.07, 6.45) is 6.31. The molecule has 3 heteroatoms. The molecule has 1 amide bonds. The number of rotatable bonds is 2. The lowest BCUT2D eigenvalue weighted by molar-refractivity contribution is -0.112. The second-order valence-corrected chi connectivity index (χ2v) is 5.01. The number of carbonyl (C=O) groups excluding carboxylic acids is 1. The van der Waals surface area contributed by atoms with Crippen LogP contribution in [0.4, 0.5) is 5.69 Å². The summed E-state index contributed by atoms with van der Waals surface area (Å²) >= 11 is 0. The molecule has 0 aromatic heterocycles. The van der Waals surface area contributed by atoms with Gasteiger partial charge in [0.15, 0.2) is 0 Å². The van der Waals surface area contributed by atoms with Gasteiger partial charge in [-0.3, -0.25) is 4.79 Å². The first-order chi connectivity index (χ1) is 8.38. The number of hydrogen-bond acceptors (Lipinski definition) is 2. The third-order valence-corrected chi connectivity index (χ3v) is 2.55. The minimum Gasteiger partial charge on any atom is -0.403 e. The Hall–Kier alpha value is -2.21. The Labute approximate surface area is 108 Å². The molecular weight excluding hydrogens is 224 g/mol. The predicted octanol–water partition coefficient (Wildman–Crippen LogP) is 2.40. The van der Waals surface area contributed by atoms with Crippen molar-refractivity contribution >= 4 is 11.6 Å². The molecule has 0 aliphatic carbocycles. The van der Waals surface area contributed by atoms with Crippen molar-refractivity contribution in [1.29, 1.82) is 0 Å². The van der Waals surface area contributed by atoms with E-state index in [-0.39, 0.29) is 16.9 Å². The van der Waals surface area contributed by atoms with Crippen LogP contribution in [0.5, 0.6) is 0 Å². The molecule has 0 radical (unpaired) electrons. The normalized spacial score (nSPS) is 11.8. The highest BCUT2D eigenvalue weighted by Gasteiger charge is 2.14. The third-order valence-electron chi connectivity index (χ3n) is 2.55. The van der Waals surface area contributed by atoms with E-state index in [1.807, 2.05) is 24.3 Å². The lowest BCUT2D eigenvalue weighted by atomic mass is 9.87. The van der Waals surface area contributed by atoms with Gasteiger partial charge in [-0.15, -0.1) is 6.42 Å². The monoisotopic (exact) mass is 242 g/mol. The average Bonchev–Trinajstić information content (AvgIpc) is 2.29. The molecule has 0 saturated heterocycles. The summed E-state index contributed by atoms with van der Waals surface area (Å²) in [6, 6.07) is 7.68. The van der Waals surface area contributed by atoms with E-state index in [1.54, 1.807) is 0 Å². The van der Waals surface area contributed by atoms with Crippen LogP contribution in [0.25, 0.3) is 0 Å². The Morgan fingerprint density at radius 2 is 2.11 bits per heavy atom. The van der Waals surface area contributed by atoms with Gasteiger partial charge >= 0.3 is 0 Å². The van der Waals surface area contributed by atoms with Crippen molar-refractivity contribution in [2.45, 2.75) is 26.2 Å². The third kappa shape index (κ3) is 3.39. The summed E-state index contributed by atoms with van der Waals surface area (Å²) in [4.78, 5) is 11.7. The summed E-state index contributed by atoms with van der Waals surface area (Å²) in [7, 11) is 0. The molecule has 3 nitrogen and oxygen atoms in total. The van der Waals surface area contributed by atoms with Crippen LogP contribution in [0.1, 0.15) is 26.3 Å². The van der Waals surface area contributed by atoms with E-state index in [9.17, 15) is 4.79 Å². The van der Waals surface area contributed by atoms with Crippen LogP contribution in [0, 0.1) is 12.3 Å². The molecule has 18 heavy (non-hydrogen) atoms. The van der Waals surface area contributed by atoms with Gasteiger partial charge in [-0.1, -0.05) is 38.8 Å². The molecule has 1 aromatic carbocycles. The summed E-state index contributed by atoms with van der Waals surface area (Å²) in [5.74, 6) is 1.87. The smallest absolute Gasteiger partial charge is 0.265 e. The minimum absolute atomic E-state index is 0.0272. The van der Waals surface area contributed by atoms with Gasteiger partial charge in [0.2, 0.25) is 0 Å². The maximum Gasteiger partial charge on any atom is 0.265 e. The minimum atomic E-state index is -0.369. The van der Waals surface area contributed by atoms with E-state index < -0.39 is 0 Å². The molecule has 0 unspecified atom stereocenters. The van der Waals surface area contributed by atoms with Crippen molar-refractivity contribution < 1.29 is 4.79 Å². The van der Waals surface area contributed by atoms with Gasteiger partial charge in [0, 0.05) is 11.9 Å². The van der Waals surface area contributed by atoms with Gasteiger partial charge in [0.05, 0.1) is 0 Å². The number of carbonyl (C=O) groups is 1. The second kappa shape index (κ2) is 5.42. The summed E-state index contributed by atoms with van der Waals surface area (Å²) in [5.41, 5.74) is 7.27. The van der Waals surface area contributed by atoms with Crippen LogP contribution in [0.15, 0.2) is 36.0 Å². The molecule has 0 atom stereocenters. The number of nitrogens with two attached hydrogens (primary N) is 1. The molecule has 94 valence electrons. The summed E-state index contributed by atoms with van der Waals surface area (Å²) in [5, 5.41) is 2.73. The molecule has 1 rings (SSSR count). The number of nitrogens with one attached hydrogen (secondary N) is 1. The zero-order chi connectivity index (χ0) is 13.8. The standard InChI is InChI=1S/C15H18N2O/c1-5-11(10-16)14(18)17-13-8-6-7-12(9-13)15(2,3)4/h1,6-10H,16H2,2-4H3,(H,17,18)/b11-10+. The van der Waals surface area contributed by atoms with Crippen molar-refractivity contribution in [2.75, 3.05) is 5.32 Å². The van der Waals surface area contributed by atoms with E-state index in [4.69, 9.17) is 12.2 Å². The molecule has 0 heterocycles. The van der Waals surface area contributed by atoms with Gasteiger partial charge in [-0.2, -0.15) is 0 Å². The summed E-state index contributed by atoms with van der Waals surface area (Å²) < 4.78 is 0.